The third-order valence-electron chi connectivity index (χ3n) is 2.32. The van der Waals surface area contributed by atoms with Crippen LogP contribution in [0.25, 0.3) is 0 Å². The van der Waals surface area contributed by atoms with E-state index in [-0.39, 0.29) is 0 Å². The first-order valence-electron chi connectivity index (χ1n) is 4.95. The molecule has 0 spiro atoms. The first-order valence-corrected chi connectivity index (χ1v) is 4.95. The van der Waals surface area contributed by atoms with E-state index in [4.69, 9.17) is 4.74 Å². The quantitative estimate of drug-likeness (QED) is 0.680. The summed E-state index contributed by atoms with van der Waals surface area (Å²) in [6, 6.07) is 0. The standard InChI is InChI=1S/C11H16F2O/c1-3-10(13)11-9(4-5-12)6-8(2)7-14-11/h4-5,8,10H,3,6-7H2,1-2H3/b5-4+. The minimum Gasteiger partial charge on any atom is -0.494 e. The van der Waals surface area contributed by atoms with E-state index >= 15 is 0 Å². The van der Waals surface area contributed by atoms with E-state index < -0.39 is 6.17 Å². The Morgan fingerprint density at radius 2 is 2.36 bits per heavy atom. The van der Waals surface area contributed by atoms with Crippen LogP contribution in [0.1, 0.15) is 26.7 Å². The fraction of sp³-hybridized carbons (Fsp3) is 0.636. The largest absolute Gasteiger partial charge is 0.494 e. The van der Waals surface area contributed by atoms with Crippen molar-refractivity contribution in [2.75, 3.05) is 6.61 Å². The summed E-state index contributed by atoms with van der Waals surface area (Å²) in [5, 5.41) is 0. The van der Waals surface area contributed by atoms with Gasteiger partial charge in [-0.15, -0.1) is 0 Å². The molecule has 0 N–H and O–H groups in total. The van der Waals surface area contributed by atoms with E-state index in [0.717, 1.165) is 0 Å². The lowest BCUT2D eigenvalue weighted by atomic mass is 9.96. The summed E-state index contributed by atoms with van der Waals surface area (Å²) < 4.78 is 30.7. The molecular formula is C11H16F2O. The second kappa shape index (κ2) is 5.13. The number of hydrogen-bond acceptors (Lipinski definition) is 1. The summed E-state index contributed by atoms with van der Waals surface area (Å²) in [4.78, 5) is 0. The topological polar surface area (TPSA) is 9.23 Å². The normalized spacial score (nSPS) is 25.3. The highest BCUT2D eigenvalue weighted by molar-refractivity contribution is 5.25. The second-order valence-electron chi connectivity index (χ2n) is 3.68. The predicted molar refractivity (Wildman–Crippen MR) is 52.2 cm³/mol. The van der Waals surface area contributed by atoms with E-state index in [0.29, 0.717) is 43.0 Å². The molecule has 0 radical (unpaired) electrons. The number of rotatable bonds is 3. The Kier molecular flexibility index (Phi) is 4.11. The molecule has 0 saturated carbocycles. The van der Waals surface area contributed by atoms with Crippen LogP contribution < -0.4 is 0 Å². The Morgan fingerprint density at radius 3 is 2.93 bits per heavy atom. The molecule has 0 aliphatic carbocycles. The lowest BCUT2D eigenvalue weighted by molar-refractivity contribution is 0.106. The molecule has 1 aliphatic heterocycles. The molecule has 0 aromatic carbocycles. The van der Waals surface area contributed by atoms with Gasteiger partial charge in [0.1, 0.15) is 5.76 Å². The van der Waals surface area contributed by atoms with Crippen molar-refractivity contribution >= 4 is 0 Å². The molecule has 1 rings (SSSR count). The Bertz CT molecular complexity index is 246. The van der Waals surface area contributed by atoms with Crippen molar-refractivity contribution in [1.82, 2.24) is 0 Å². The molecule has 0 aromatic heterocycles. The number of halogens is 2. The summed E-state index contributed by atoms with van der Waals surface area (Å²) in [5.74, 6) is 0.647. The molecule has 0 bridgehead atoms. The first-order chi connectivity index (χ1) is 6.69. The molecule has 14 heavy (non-hydrogen) atoms. The van der Waals surface area contributed by atoms with Crippen molar-refractivity contribution in [3.63, 3.8) is 0 Å². The Labute approximate surface area is 83.4 Å². The Hall–Kier alpha value is -0.860. The minimum absolute atomic E-state index is 0.319. The molecule has 3 heteroatoms. The van der Waals surface area contributed by atoms with Crippen molar-refractivity contribution in [3.8, 4) is 0 Å². The molecule has 2 atom stereocenters. The van der Waals surface area contributed by atoms with E-state index in [1.165, 1.54) is 6.08 Å². The van der Waals surface area contributed by atoms with Gasteiger partial charge in [-0.1, -0.05) is 13.8 Å². The molecule has 1 nitrogen and oxygen atoms in total. The molecule has 0 fully saturated rings. The molecule has 2 unspecified atom stereocenters. The van der Waals surface area contributed by atoms with Gasteiger partial charge >= 0.3 is 0 Å². The van der Waals surface area contributed by atoms with E-state index in [1.807, 2.05) is 6.92 Å². The molecule has 0 aromatic rings. The van der Waals surface area contributed by atoms with Gasteiger partial charge in [0, 0.05) is 0 Å². The van der Waals surface area contributed by atoms with Crippen molar-refractivity contribution in [2.24, 2.45) is 5.92 Å². The highest BCUT2D eigenvalue weighted by Crippen LogP contribution is 2.28. The molecule has 80 valence electrons. The summed E-state index contributed by atoms with van der Waals surface area (Å²) >= 11 is 0. The SMILES string of the molecule is CCC(F)C1=C(/C=C/F)CC(C)CO1. The Balaban J connectivity index is 2.87. The fourth-order valence-corrected chi connectivity index (χ4v) is 1.56. The van der Waals surface area contributed by atoms with Crippen LogP contribution in [0.3, 0.4) is 0 Å². The van der Waals surface area contributed by atoms with E-state index in [1.54, 1.807) is 6.92 Å². The van der Waals surface area contributed by atoms with Crippen LogP contribution in [0.5, 0.6) is 0 Å². The van der Waals surface area contributed by atoms with Crippen LogP contribution >= 0.6 is 0 Å². The average molecular weight is 202 g/mol. The molecule has 1 aliphatic rings. The van der Waals surface area contributed by atoms with Crippen LogP contribution in [-0.2, 0) is 4.74 Å². The molecule has 0 saturated heterocycles. The highest BCUT2D eigenvalue weighted by atomic mass is 19.1. The number of alkyl halides is 1. The van der Waals surface area contributed by atoms with Gasteiger partial charge in [-0.3, -0.25) is 0 Å². The average Bonchev–Trinajstić information content (AvgIpc) is 2.17. The van der Waals surface area contributed by atoms with Crippen LogP contribution in [0.4, 0.5) is 8.78 Å². The molecular weight excluding hydrogens is 186 g/mol. The number of allylic oxidation sites excluding steroid dienone is 3. The molecule has 1 heterocycles. The van der Waals surface area contributed by atoms with Gasteiger partial charge in [0.25, 0.3) is 0 Å². The third-order valence-corrected chi connectivity index (χ3v) is 2.32. The number of ether oxygens (including phenoxy) is 1. The van der Waals surface area contributed by atoms with Crippen molar-refractivity contribution in [3.05, 3.63) is 23.7 Å². The summed E-state index contributed by atoms with van der Waals surface area (Å²) in [7, 11) is 0. The van der Waals surface area contributed by atoms with Gasteiger partial charge in [-0.2, -0.15) is 0 Å². The van der Waals surface area contributed by atoms with Gasteiger partial charge in [0.2, 0.25) is 0 Å². The maximum absolute atomic E-state index is 13.4. The third kappa shape index (κ3) is 2.56. The van der Waals surface area contributed by atoms with E-state index in [2.05, 4.69) is 0 Å². The van der Waals surface area contributed by atoms with E-state index in [9.17, 15) is 8.78 Å². The van der Waals surface area contributed by atoms with Crippen LogP contribution in [-0.4, -0.2) is 12.8 Å². The fourth-order valence-electron chi connectivity index (χ4n) is 1.56. The van der Waals surface area contributed by atoms with Crippen molar-refractivity contribution in [2.45, 2.75) is 32.9 Å². The van der Waals surface area contributed by atoms with Crippen LogP contribution in [0, 0.1) is 5.92 Å². The lowest BCUT2D eigenvalue weighted by Gasteiger charge is -2.25. The zero-order valence-corrected chi connectivity index (χ0v) is 8.59. The minimum atomic E-state index is -1.10. The van der Waals surface area contributed by atoms with Gasteiger partial charge < -0.3 is 4.74 Å². The maximum Gasteiger partial charge on any atom is 0.157 e. The zero-order valence-electron chi connectivity index (χ0n) is 8.59. The van der Waals surface area contributed by atoms with Crippen LogP contribution in [0.15, 0.2) is 23.7 Å². The zero-order chi connectivity index (χ0) is 10.6. The summed E-state index contributed by atoms with van der Waals surface area (Å²) in [5.41, 5.74) is 0.653. The van der Waals surface area contributed by atoms with Gasteiger partial charge in [-0.05, 0) is 30.4 Å². The summed E-state index contributed by atoms with van der Waals surface area (Å²) in [6.45, 7) is 4.28. The maximum atomic E-state index is 13.4. The van der Waals surface area contributed by atoms with Crippen molar-refractivity contribution < 1.29 is 13.5 Å². The van der Waals surface area contributed by atoms with Gasteiger partial charge in [0.15, 0.2) is 6.17 Å². The highest BCUT2D eigenvalue weighted by Gasteiger charge is 2.23. The number of hydrogen-bond donors (Lipinski definition) is 0. The monoisotopic (exact) mass is 202 g/mol. The van der Waals surface area contributed by atoms with Crippen molar-refractivity contribution in [1.29, 1.82) is 0 Å². The Morgan fingerprint density at radius 1 is 1.64 bits per heavy atom. The molecule has 0 amide bonds. The smallest absolute Gasteiger partial charge is 0.157 e. The predicted octanol–water partition coefficient (Wildman–Crippen LogP) is 3.53. The first kappa shape index (κ1) is 11.2. The van der Waals surface area contributed by atoms with Crippen LogP contribution in [0.2, 0.25) is 0 Å². The second-order valence-corrected chi connectivity index (χ2v) is 3.68. The van der Waals surface area contributed by atoms with Gasteiger partial charge in [-0.25, -0.2) is 8.78 Å². The van der Waals surface area contributed by atoms with Gasteiger partial charge in [0.05, 0.1) is 12.9 Å². The lowest BCUT2D eigenvalue weighted by Crippen LogP contribution is -2.20. The summed E-state index contributed by atoms with van der Waals surface area (Å²) in [6.07, 6.45) is 1.70.